The molecule has 1 heterocycles. The van der Waals surface area contributed by atoms with Crippen LogP contribution in [0.2, 0.25) is 0 Å². The van der Waals surface area contributed by atoms with Gasteiger partial charge in [0.05, 0.1) is 5.75 Å². The Bertz CT molecular complexity index is 470. The van der Waals surface area contributed by atoms with E-state index in [1.165, 1.54) is 0 Å². The maximum atomic E-state index is 11.7. The standard InChI is InChI=1S/C14H13NOS/c16-13(10-12-6-8-15-9-7-12)11-17-14-4-2-1-3-5-14/h1-9H,10-11H2. The first-order chi connectivity index (χ1) is 8.34. The molecule has 0 atom stereocenters. The van der Waals surface area contributed by atoms with Gasteiger partial charge in [-0.3, -0.25) is 9.78 Å². The van der Waals surface area contributed by atoms with Crippen molar-refractivity contribution in [2.75, 3.05) is 5.75 Å². The van der Waals surface area contributed by atoms with Crippen LogP contribution in [0.5, 0.6) is 0 Å². The quantitative estimate of drug-likeness (QED) is 0.756. The van der Waals surface area contributed by atoms with Gasteiger partial charge in [-0.05, 0) is 29.8 Å². The van der Waals surface area contributed by atoms with Gasteiger partial charge in [0.2, 0.25) is 0 Å². The predicted octanol–water partition coefficient (Wildman–Crippen LogP) is 2.99. The SMILES string of the molecule is O=C(CSc1ccccc1)Cc1ccncc1. The summed E-state index contributed by atoms with van der Waals surface area (Å²) < 4.78 is 0. The van der Waals surface area contributed by atoms with Crippen molar-refractivity contribution in [3.8, 4) is 0 Å². The van der Waals surface area contributed by atoms with Gasteiger partial charge in [-0.15, -0.1) is 11.8 Å². The Labute approximate surface area is 105 Å². The number of thioether (sulfide) groups is 1. The van der Waals surface area contributed by atoms with E-state index in [2.05, 4.69) is 4.98 Å². The highest BCUT2D eigenvalue weighted by Crippen LogP contribution is 2.17. The Morgan fingerprint density at radius 1 is 1.06 bits per heavy atom. The highest BCUT2D eigenvalue weighted by atomic mass is 32.2. The zero-order valence-electron chi connectivity index (χ0n) is 9.37. The number of ketones is 1. The molecular formula is C14H13NOS. The van der Waals surface area contributed by atoms with E-state index in [-0.39, 0.29) is 5.78 Å². The maximum absolute atomic E-state index is 11.7. The number of carbonyl (C=O) groups is 1. The average molecular weight is 243 g/mol. The first-order valence-corrected chi connectivity index (χ1v) is 6.41. The molecule has 0 N–H and O–H groups in total. The number of pyridine rings is 1. The zero-order chi connectivity index (χ0) is 11.9. The zero-order valence-corrected chi connectivity index (χ0v) is 10.2. The lowest BCUT2D eigenvalue weighted by Crippen LogP contribution is -2.05. The van der Waals surface area contributed by atoms with Gasteiger partial charge in [0.15, 0.2) is 0 Å². The number of aromatic nitrogens is 1. The summed E-state index contributed by atoms with van der Waals surface area (Å²) in [6.45, 7) is 0. The number of hydrogen-bond donors (Lipinski definition) is 0. The fraction of sp³-hybridized carbons (Fsp3) is 0.143. The van der Waals surface area contributed by atoms with E-state index in [0.29, 0.717) is 12.2 Å². The van der Waals surface area contributed by atoms with Crippen molar-refractivity contribution < 1.29 is 4.79 Å². The number of carbonyl (C=O) groups excluding carboxylic acids is 1. The van der Waals surface area contributed by atoms with E-state index >= 15 is 0 Å². The minimum Gasteiger partial charge on any atom is -0.298 e. The first kappa shape index (κ1) is 11.9. The van der Waals surface area contributed by atoms with Crippen LogP contribution in [-0.4, -0.2) is 16.5 Å². The molecule has 0 bridgehead atoms. The third-order valence-corrected chi connectivity index (χ3v) is 3.37. The maximum Gasteiger partial charge on any atom is 0.147 e. The van der Waals surface area contributed by atoms with Crippen LogP contribution in [0.1, 0.15) is 5.56 Å². The number of Topliss-reactive ketones (excluding diaryl/α,β-unsaturated/α-hetero) is 1. The Balaban J connectivity index is 1.83. The lowest BCUT2D eigenvalue weighted by atomic mass is 10.1. The molecule has 86 valence electrons. The van der Waals surface area contributed by atoms with Gasteiger partial charge in [0.25, 0.3) is 0 Å². The summed E-state index contributed by atoms with van der Waals surface area (Å²) in [5.74, 6) is 0.761. The van der Waals surface area contributed by atoms with Crippen LogP contribution in [-0.2, 0) is 11.2 Å². The van der Waals surface area contributed by atoms with Crippen LogP contribution < -0.4 is 0 Å². The van der Waals surface area contributed by atoms with Crippen molar-refractivity contribution in [3.63, 3.8) is 0 Å². The van der Waals surface area contributed by atoms with Crippen LogP contribution in [0.25, 0.3) is 0 Å². The highest BCUT2D eigenvalue weighted by Gasteiger charge is 2.04. The van der Waals surface area contributed by atoms with Crippen LogP contribution in [0, 0.1) is 0 Å². The van der Waals surface area contributed by atoms with Crippen molar-refractivity contribution in [2.24, 2.45) is 0 Å². The Morgan fingerprint density at radius 2 is 1.76 bits per heavy atom. The lowest BCUT2D eigenvalue weighted by molar-refractivity contribution is -0.116. The summed E-state index contributed by atoms with van der Waals surface area (Å²) in [5.41, 5.74) is 1.03. The van der Waals surface area contributed by atoms with E-state index < -0.39 is 0 Å². The molecule has 0 aliphatic heterocycles. The van der Waals surface area contributed by atoms with Gasteiger partial charge >= 0.3 is 0 Å². The molecule has 0 radical (unpaired) electrons. The molecular weight excluding hydrogens is 230 g/mol. The molecule has 2 rings (SSSR count). The average Bonchev–Trinajstić information content (AvgIpc) is 2.39. The Hall–Kier alpha value is -1.61. The van der Waals surface area contributed by atoms with Gasteiger partial charge in [-0.1, -0.05) is 18.2 Å². The Morgan fingerprint density at radius 3 is 2.47 bits per heavy atom. The summed E-state index contributed by atoms with van der Waals surface area (Å²) in [6, 6.07) is 13.7. The summed E-state index contributed by atoms with van der Waals surface area (Å²) in [5, 5.41) is 0. The van der Waals surface area contributed by atoms with Crippen LogP contribution in [0.4, 0.5) is 0 Å². The van der Waals surface area contributed by atoms with Gasteiger partial charge in [0, 0.05) is 23.7 Å². The summed E-state index contributed by atoms with van der Waals surface area (Å²) in [6.07, 6.45) is 3.92. The largest absolute Gasteiger partial charge is 0.298 e. The summed E-state index contributed by atoms with van der Waals surface area (Å²) >= 11 is 1.58. The van der Waals surface area contributed by atoms with E-state index in [1.54, 1.807) is 24.2 Å². The van der Waals surface area contributed by atoms with Gasteiger partial charge < -0.3 is 0 Å². The number of rotatable bonds is 5. The number of nitrogens with zero attached hydrogens (tertiary/aromatic N) is 1. The van der Waals surface area contributed by atoms with Crippen LogP contribution in [0.15, 0.2) is 59.8 Å². The van der Waals surface area contributed by atoms with Crippen LogP contribution >= 0.6 is 11.8 Å². The third-order valence-electron chi connectivity index (χ3n) is 2.29. The second kappa shape index (κ2) is 6.21. The Kier molecular flexibility index (Phi) is 4.33. The molecule has 2 aromatic rings. The molecule has 17 heavy (non-hydrogen) atoms. The molecule has 2 nitrogen and oxygen atoms in total. The van der Waals surface area contributed by atoms with Crippen LogP contribution in [0.3, 0.4) is 0 Å². The smallest absolute Gasteiger partial charge is 0.147 e. The molecule has 1 aromatic carbocycles. The van der Waals surface area contributed by atoms with Gasteiger partial charge in [-0.2, -0.15) is 0 Å². The lowest BCUT2D eigenvalue weighted by Gasteiger charge is -2.01. The van der Waals surface area contributed by atoms with Gasteiger partial charge in [-0.25, -0.2) is 0 Å². The van der Waals surface area contributed by atoms with E-state index in [1.807, 2.05) is 42.5 Å². The van der Waals surface area contributed by atoms with E-state index in [0.717, 1.165) is 10.5 Å². The first-order valence-electron chi connectivity index (χ1n) is 5.43. The highest BCUT2D eigenvalue weighted by molar-refractivity contribution is 8.00. The molecule has 0 aliphatic carbocycles. The summed E-state index contributed by atoms with van der Waals surface area (Å²) in [4.78, 5) is 16.8. The molecule has 3 heteroatoms. The molecule has 0 unspecified atom stereocenters. The van der Waals surface area contributed by atoms with Crippen molar-refractivity contribution in [3.05, 3.63) is 60.4 Å². The second-order valence-corrected chi connectivity index (χ2v) is 4.72. The molecule has 0 aliphatic rings. The predicted molar refractivity (Wildman–Crippen MR) is 70.1 cm³/mol. The number of hydrogen-bond acceptors (Lipinski definition) is 3. The molecule has 0 saturated carbocycles. The molecule has 0 amide bonds. The molecule has 0 spiro atoms. The van der Waals surface area contributed by atoms with Crippen molar-refractivity contribution in [1.82, 2.24) is 4.98 Å². The monoisotopic (exact) mass is 243 g/mol. The van der Waals surface area contributed by atoms with E-state index in [9.17, 15) is 4.79 Å². The normalized spacial score (nSPS) is 10.1. The fourth-order valence-corrected chi connectivity index (χ4v) is 2.24. The van der Waals surface area contributed by atoms with Crippen molar-refractivity contribution >= 4 is 17.5 Å². The molecule has 1 aromatic heterocycles. The molecule has 0 saturated heterocycles. The molecule has 0 fully saturated rings. The number of benzene rings is 1. The van der Waals surface area contributed by atoms with Gasteiger partial charge in [0.1, 0.15) is 5.78 Å². The second-order valence-electron chi connectivity index (χ2n) is 3.67. The van der Waals surface area contributed by atoms with Crippen molar-refractivity contribution in [2.45, 2.75) is 11.3 Å². The van der Waals surface area contributed by atoms with E-state index in [4.69, 9.17) is 0 Å². The van der Waals surface area contributed by atoms with Crippen molar-refractivity contribution in [1.29, 1.82) is 0 Å². The minimum absolute atomic E-state index is 0.241. The fourth-order valence-electron chi connectivity index (χ4n) is 1.46. The minimum atomic E-state index is 0.241. The summed E-state index contributed by atoms with van der Waals surface area (Å²) in [7, 11) is 0. The third kappa shape index (κ3) is 4.04. The topological polar surface area (TPSA) is 30.0 Å².